The molecule has 6 aromatic carbocycles. The number of alkyl halides is 3. The van der Waals surface area contributed by atoms with E-state index in [0.29, 0.717) is 53.5 Å². The number of rotatable bonds is 24. The average Bonchev–Trinajstić information content (AvgIpc) is 1.59. The highest BCUT2D eigenvalue weighted by Gasteiger charge is 2.45. The highest BCUT2D eigenvalue weighted by molar-refractivity contribution is 7.86. The van der Waals surface area contributed by atoms with E-state index in [1.165, 1.54) is 88.2 Å². The Morgan fingerprint density at radius 1 is 0.539 bits per heavy atom. The molecule has 0 spiro atoms. The van der Waals surface area contributed by atoms with E-state index in [-0.39, 0.29) is 48.9 Å². The smallest absolute Gasteiger partial charge is 0.485 e. The molecule has 5 N–H and O–H groups in total. The van der Waals surface area contributed by atoms with Crippen molar-refractivity contribution < 1.29 is 105 Å². The summed E-state index contributed by atoms with van der Waals surface area (Å²) >= 11 is 22.3. The molecule has 0 aliphatic rings. The number of nitrogens with one attached hydrogen (secondary N) is 3. The molecule has 3 amide bonds. The van der Waals surface area contributed by atoms with Crippen molar-refractivity contribution in [1.29, 1.82) is 0 Å². The average molecular weight is 1610 g/mol. The molecule has 0 aliphatic heterocycles. The number of hydrogen-bond donors (Lipinski definition) is 5. The number of fused-ring (bicyclic) bond motifs is 3. The van der Waals surface area contributed by atoms with Crippen LogP contribution in [0.5, 0.6) is 0 Å². The third-order valence-corrected chi connectivity index (χ3v) is 23.8. The molecule has 0 saturated heterocycles. The van der Waals surface area contributed by atoms with Crippen LogP contribution < -0.4 is 16.0 Å². The fourth-order valence-corrected chi connectivity index (χ4v) is 17.9. The first kappa shape index (κ1) is 83.9. The molecule has 0 bridgehead atoms. The van der Waals surface area contributed by atoms with Gasteiger partial charge in [0.1, 0.15) is 5.82 Å². The molecule has 546 valence electrons. The van der Waals surface area contributed by atoms with Crippen molar-refractivity contribution in [1.82, 2.24) is 16.0 Å². The Labute approximate surface area is 605 Å². The number of nitrogens with zero attached hydrogens (tertiary/aromatic N) is 1. The summed E-state index contributed by atoms with van der Waals surface area (Å²) < 4.78 is 177. The van der Waals surface area contributed by atoms with Gasteiger partial charge in [-0.3, -0.25) is 38.2 Å². The summed E-state index contributed by atoms with van der Waals surface area (Å²) in [7, 11) is -18.8. The number of halogens is 10. The van der Waals surface area contributed by atoms with Gasteiger partial charge in [0.05, 0.1) is 31.4 Å². The maximum atomic E-state index is 13.9. The van der Waals surface area contributed by atoms with Gasteiger partial charge < -0.3 is 48.4 Å². The number of carbonyl (C=O) groups excluding carboxylic acids is 3. The Hall–Kier alpha value is -7.03. The van der Waals surface area contributed by atoms with Crippen LogP contribution in [0.25, 0.3) is 48.5 Å². The largest absolute Gasteiger partial charge is 0.741 e. The summed E-state index contributed by atoms with van der Waals surface area (Å²) in [5.41, 5.74) is -7.75. The second-order valence-corrected chi connectivity index (χ2v) is 32.0. The zero-order valence-corrected chi connectivity index (χ0v) is 61.6. The lowest BCUT2D eigenvalue weighted by atomic mass is 10.1. The summed E-state index contributed by atoms with van der Waals surface area (Å²) in [6.45, 7) is 8.68. The van der Waals surface area contributed by atoms with Crippen LogP contribution in [0, 0.1) is 40.3 Å². The summed E-state index contributed by atoms with van der Waals surface area (Å²) in [5.74, 6) is -5.56. The van der Waals surface area contributed by atoms with E-state index in [1.54, 1.807) is 106 Å². The van der Waals surface area contributed by atoms with E-state index in [0.717, 1.165) is 44.6 Å². The maximum absolute atomic E-state index is 13.9. The van der Waals surface area contributed by atoms with Crippen molar-refractivity contribution >= 4 is 174 Å². The minimum absolute atomic E-state index is 0.0573. The van der Waals surface area contributed by atoms with Crippen LogP contribution in [0.1, 0.15) is 83.6 Å². The van der Waals surface area contributed by atoms with Crippen LogP contribution in [-0.4, -0.2) is 77.3 Å². The predicted molar refractivity (Wildman–Crippen MR) is 380 cm³/mol. The number of amides is 3. The third-order valence-electron chi connectivity index (χ3n) is 13.6. The van der Waals surface area contributed by atoms with Gasteiger partial charge in [-0.1, -0.05) is 53.0 Å². The standard InChI is InChI=1S/C23H24ClFNO4PS.C22H21ClFN2O6PS.C18H13ClF2NO4PS.CHF3O3S/c1-4-29-31(28,30-5-2)22(19-14-32-21-9-8-17(24)13-18(19)21)23(27)26-11-10-16-7-6-15(3)20(25)12-16;1-3-31-33(30,32-4-2)21(17-13-34-20-8-6-15(23)12-16(17)20)22(27)25-10-9-14-5-7-19(26(28)29)18(24)11-14;19-11-2-4-16-12(8-11)13(9-28-16)17(27(24,25)26)18(23)22-6-5-10-1-3-14(20)15(21)7-10;2-1(3,4)8(5,6)7/h6-14,22H,4-5H2,1-3H3,(H,26,27);5-13,21H,3-4H2,1-2H3,(H,25,27);1-9,17H,(H,22,23)(H2,24,25,26);(H,5,6,7)/p-1/b11-10+;10-9+;6-5+;/i;;20-1;. The zero-order valence-electron chi connectivity index (χ0n) is 53.4. The number of aryl methyl sites for hydroxylation is 1. The number of hydrogen-bond acceptors (Lipinski definition) is 18. The quantitative estimate of drug-likeness (QED) is 0.00937. The van der Waals surface area contributed by atoms with E-state index < -0.39 is 101 Å². The van der Waals surface area contributed by atoms with Crippen molar-refractivity contribution in [2.45, 2.75) is 57.1 Å². The van der Waals surface area contributed by atoms with Gasteiger partial charge in [-0.05, 0) is 209 Å². The molecule has 3 heterocycles. The van der Waals surface area contributed by atoms with E-state index in [4.69, 9.17) is 65.9 Å². The molecule has 3 aromatic heterocycles. The summed E-state index contributed by atoms with van der Waals surface area (Å²) in [5, 5.41) is 26.4. The molecule has 38 heteroatoms. The molecule has 3 atom stereocenters. The van der Waals surface area contributed by atoms with Crippen LogP contribution >= 0.6 is 91.6 Å². The van der Waals surface area contributed by atoms with Crippen molar-refractivity contribution in [2.24, 2.45) is 0 Å². The topological polar surface area (TPSA) is 316 Å². The third kappa shape index (κ3) is 22.5. The fraction of sp³-hybridized carbons (Fsp3) is 0.203. The molecule has 102 heavy (non-hydrogen) atoms. The van der Waals surface area contributed by atoms with Crippen LogP contribution in [-0.2, 0) is 56.3 Å². The minimum Gasteiger partial charge on any atom is -0.741 e. The SMILES string of the molecule is CCOP(=O)(OCC)C(C(=O)N/C=C/c1ccc(C)c(F)c1)c1csc2ccc(Cl)cc12.CCOP(=O)(OCC)C(C(=O)N/C=C/c1ccc([N+](=O)[O-])c(F)c1)c1csc2ccc(Cl)cc12.O=C(N/C=C/c1ccc([18F])c(F)c1)C(c1csc2ccc(Cl)cc12)P(=O)(O)O.O=S(=O)([O-])C(F)(F)F. The second kappa shape index (κ2) is 37.1. The molecule has 0 fully saturated rings. The molecule has 0 radical (unpaired) electrons. The van der Waals surface area contributed by atoms with Crippen LogP contribution in [0.2, 0.25) is 15.1 Å². The highest BCUT2D eigenvalue weighted by atomic mass is 35.5. The first-order chi connectivity index (χ1) is 47.9. The molecule has 0 saturated carbocycles. The summed E-state index contributed by atoms with van der Waals surface area (Å²) in [6.07, 6.45) is 7.94. The monoisotopic (exact) mass is 1610 g/mol. The van der Waals surface area contributed by atoms with E-state index in [2.05, 4.69) is 16.0 Å². The summed E-state index contributed by atoms with van der Waals surface area (Å²) in [6, 6.07) is 26.6. The lowest BCUT2D eigenvalue weighted by Crippen LogP contribution is -2.26. The van der Waals surface area contributed by atoms with E-state index >= 15 is 0 Å². The van der Waals surface area contributed by atoms with Gasteiger partial charge in [-0.25, -0.2) is 21.6 Å². The van der Waals surface area contributed by atoms with Gasteiger partial charge in [0.15, 0.2) is 38.7 Å². The van der Waals surface area contributed by atoms with Crippen LogP contribution in [0.4, 0.5) is 36.4 Å². The van der Waals surface area contributed by atoms with Gasteiger partial charge in [-0.15, -0.1) is 34.0 Å². The first-order valence-electron chi connectivity index (χ1n) is 29.3. The first-order valence-corrected chi connectivity index (χ1v) is 39.4. The van der Waals surface area contributed by atoms with Crippen molar-refractivity contribution in [3.8, 4) is 0 Å². The van der Waals surface area contributed by atoms with Crippen molar-refractivity contribution in [3.05, 3.63) is 231 Å². The van der Waals surface area contributed by atoms with Gasteiger partial charge in [0.25, 0.3) is 0 Å². The lowest BCUT2D eigenvalue weighted by molar-refractivity contribution is -0.387. The van der Waals surface area contributed by atoms with Crippen LogP contribution in [0.15, 0.2) is 144 Å². The number of nitro groups is 1. The van der Waals surface area contributed by atoms with Crippen molar-refractivity contribution in [3.63, 3.8) is 0 Å². The van der Waals surface area contributed by atoms with E-state index in [1.807, 2.05) is 6.07 Å². The Morgan fingerprint density at radius 3 is 1.18 bits per heavy atom. The maximum Gasteiger partial charge on any atom is 0.485 e. The normalized spacial score (nSPS) is 13.1. The molecule has 0 aliphatic carbocycles. The molecule has 9 aromatic rings. The van der Waals surface area contributed by atoms with Crippen LogP contribution in [0.3, 0.4) is 0 Å². The molecular weight excluding hydrogens is 1560 g/mol. The Bertz CT molecular complexity index is 4890. The highest BCUT2D eigenvalue weighted by Crippen LogP contribution is 2.64. The van der Waals surface area contributed by atoms with Gasteiger partial charge in [0.2, 0.25) is 23.5 Å². The minimum atomic E-state index is -6.09. The lowest BCUT2D eigenvalue weighted by Gasteiger charge is -2.25. The number of carbonyl (C=O) groups is 3. The molecule has 3 unspecified atom stereocenters. The van der Waals surface area contributed by atoms with Gasteiger partial charge in [0, 0.05) is 53.8 Å². The zero-order chi connectivity index (χ0) is 75.7. The molecule has 21 nitrogen and oxygen atoms in total. The predicted octanol–water partition coefficient (Wildman–Crippen LogP) is 18.7. The number of thiophene rings is 3. The molecule has 9 rings (SSSR count). The van der Waals surface area contributed by atoms with E-state index in [9.17, 15) is 78.7 Å². The number of nitro benzene ring substituents is 1. The Kier molecular flexibility index (Phi) is 30.5. The Morgan fingerprint density at radius 2 is 0.863 bits per heavy atom. The van der Waals surface area contributed by atoms with Gasteiger partial charge >= 0.3 is 34.0 Å². The van der Waals surface area contributed by atoms with Crippen molar-refractivity contribution in [2.75, 3.05) is 26.4 Å². The number of benzene rings is 6. The molecular formula is C64H58Cl3F7N4O17P3S4-. The van der Waals surface area contributed by atoms with Gasteiger partial charge in [-0.2, -0.15) is 17.6 Å². The Balaban J connectivity index is 0.000000229. The second-order valence-electron chi connectivity index (χ2n) is 20.6. The summed E-state index contributed by atoms with van der Waals surface area (Å²) in [4.78, 5) is 68.5. The fourth-order valence-electron chi connectivity index (χ4n) is 9.18.